The van der Waals surface area contributed by atoms with Gasteiger partial charge in [0.25, 0.3) is 0 Å². The first-order valence-corrected chi connectivity index (χ1v) is 12.1. The molecule has 1 spiro atoms. The summed E-state index contributed by atoms with van der Waals surface area (Å²) >= 11 is 0. The second-order valence-electron chi connectivity index (χ2n) is 9.93. The lowest BCUT2D eigenvalue weighted by molar-refractivity contribution is 0.00439. The van der Waals surface area contributed by atoms with Crippen LogP contribution in [0.2, 0.25) is 0 Å². The van der Waals surface area contributed by atoms with E-state index in [4.69, 9.17) is 4.74 Å². The van der Waals surface area contributed by atoms with Crippen molar-refractivity contribution in [1.82, 2.24) is 9.55 Å². The summed E-state index contributed by atoms with van der Waals surface area (Å²) in [6.45, 7) is 1.47. The molecule has 2 fully saturated rings. The molecular weight excluding hydrogens is 412 g/mol. The molecule has 6 rings (SSSR count). The van der Waals surface area contributed by atoms with Gasteiger partial charge in [0.1, 0.15) is 5.60 Å². The molecule has 2 heterocycles. The van der Waals surface area contributed by atoms with Crippen LogP contribution in [0.3, 0.4) is 0 Å². The highest BCUT2D eigenvalue weighted by Gasteiger charge is 2.48. The van der Waals surface area contributed by atoms with Crippen LogP contribution in [0.5, 0.6) is 0 Å². The molecule has 2 aromatic carbocycles. The lowest BCUT2D eigenvalue weighted by Crippen LogP contribution is -2.40. The first kappa shape index (κ1) is 20.3. The van der Waals surface area contributed by atoms with Crippen molar-refractivity contribution in [1.29, 1.82) is 5.26 Å². The molecule has 33 heavy (non-hydrogen) atoms. The minimum absolute atomic E-state index is 0.193. The van der Waals surface area contributed by atoms with Gasteiger partial charge in [0.2, 0.25) is 0 Å². The molecule has 1 saturated heterocycles. The van der Waals surface area contributed by atoms with Crippen molar-refractivity contribution in [2.24, 2.45) is 5.92 Å². The Labute approximate surface area is 193 Å². The average Bonchev–Trinajstić information content (AvgIpc) is 3.38. The summed E-state index contributed by atoms with van der Waals surface area (Å²) in [5.41, 5.74) is 5.92. The Morgan fingerprint density at radius 2 is 2.09 bits per heavy atom. The second-order valence-corrected chi connectivity index (χ2v) is 9.93. The van der Waals surface area contributed by atoms with E-state index in [1.807, 2.05) is 29.4 Å². The van der Waals surface area contributed by atoms with Crippen LogP contribution in [0.25, 0.3) is 11.0 Å². The molecule has 0 N–H and O–H groups in total. The van der Waals surface area contributed by atoms with Crippen LogP contribution in [0.15, 0.2) is 42.7 Å². The summed E-state index contributed by atoms with van der Waals surface area (Å²) in [5, 5.41) is 9.27. The van der Waals surface area contributed by atoms with Crippen molar-refractivity contribution in [2.75, 3.05) is 11.4 Å². The third-order valence-corrected chi connectivity index (χ3v) is 7.74. The third kappa shape index (κ3) is 3.56. The number of imidazole rings is 1. The number of aryl methyl sites for hydroxylation is 1. The maximum Gasteiger partial charge on any atom is 0.415 e. The number of nitrogens with zero attached hydrogens (tertiary/aromatic N) is 4. The van der Waals surface area contributed by atoms with Gasteiger partial charge in [-0.3, -0.25) is 4.90 Å². The van der Waals surface area contributed by atoms with Gasteiger partial charge in [0, 0.05) is 6.54 Å². The highest BCUT2D eigenvalue weighted by atomic mass is 16.6. The van der Waals surface area contributed by atoms with Gasteiger partial charge in [-0.15, -0.1) is 0 Å². The standard InChI is InChI=1S/C27H28N4O2/c28-15-19-10-11-23-25(13-19)30(18-29-23)16-20-5-4-12-27(14-20)17-31(26(32)33-27)24-9-3-7-21-6-1-2-8-22(21)24/h3,7,9-11,13,18,20H,1-2,4-6,8,12,14,16-17H2/t20-,27-/m0/s1. The van der Waals surface area contributed by atoms with Crippen LogP contribution in [0.4, 0.5) is 10.5 Å². The number of rotatable bonds is 3. The van der Waals surface area contributed by atoms with E-state index in [2.05, 4.69) is 33.8 Å². The number of anilines is 1. The molecule has 1 aromatic heterocycles. The molecule has 0 unspecified atom stereocenters. The molecule has 1 amide bonds. The zero-order valence-electron chi connectivity index (χ0n) is 18.8. The number of carbonyl (C=O) groups excluding carboxylic acids is 1. The first-order valence-electron chi connectivity index (χ1n) is 12.1. The lowest BCUT2D eigenvalue weighted by atomic mass is 9.77. The van der Waals surface area contributed by atoms with E-state index < -0.39 is 5.60 Å². The Morgan fingerprint density at radius 1 is 1.18 bits per heavy atom. The SMILES string of the molecule is N#Cc1ccc2ncn(C[C@H]3CCC[C@]4(C3)CN(c3cccc5c3CCCC5)C(=O)O4)c2c1. The van der Waals surface area contributed by atoms with Gasteiger partial charge in [-0.05, 0) is 92.7 Å². The van der Waals surface area contributed by atoms with Gasteiger partial charge in [-0.1, -0.05) is 12.1 Å². The number of ether oxygens (including phenoxy) is 1. The van der Waals surface area contributed by atoms with Crippen LogP contribution in [-0.4, -0.2) is 27.8 Å². The first-order chi connectivity index (χ1) is 16.1. The van der Waals surface area contributed by atoms with Gasteiger partial charge in [0.05, 0.1) is 41.2 Å². The fourth-order valence-electron chi connectivity index (χ4n) is 6.21. The molecule has 1 saturated carbocycles. The monoisotopic (exact) mass is 440 g/mol. The minimum atomic E-state index is -0.411. The van der Waals surface area contributed by atoms with E-state index in [-0.39, 0.29) is 6.09 Å². The topological polar surface area (TPSA) is 71.2 Å². The van der Waals surface area contributed by atoms with Crippen LogP contribution in [-0.2, 0) is 24.1 Å². The number of aromatic nitrogens is 2. The van der Waals surface area contributed by atoms with Gasteiger partial charge >= 0.3 is 6.09 Å². The summed E-state index contributed by atoms with van der Waals surface area (Å²) in [7, 11) is 0. The van der Waals surface area contributed by atoms with Gasteiger partial charge in [-0.25, -0.2) is 9.78 Å². The molecule has 3 aliphatic rings. The molecule has 3 aromatic rings. The van der Waals surface area contributed by atoms with Crippen molar-refractivity contribution in [3.8, 4) is 6.07 Å². The maximum absolute atomic E-state index is 13.1. The summed E-state index contributed by atoms with van der Waals surface area (Å²) in [6, 6.07) is 14.2. The molecule has 168 valence electrons. The zero-order valence-corrected chi connectivity index (χ0v) is 18.8. The van der Waals surface area contributed by atoms with Crippen LogP contribution in [0, 0.1) is 17.2 Å². The van der Waals surface area contributed by atoms with Crippen LogP contribution in [0.1, 0.15) is 55.2 Å². The number of amides is 1. The molecule has 6 nitrogen and oxygen atoms in total. The summed E-state index contributed by atoms with van der Waals surface area (Å²) < 4.78 is 8.30. The second kappa shape index (κ2) is 7.91. The molecular formula is C27H28N4O2. The molecule has 0 radical (unpaired) electrons. The lowest BCUT2D eigenvalue weighted by Gasteiger charge is -2.36. The van der Waals surface area contributed by atoms with Gasteiger partial charge in [0.15, 0.2) is 0 Å². The highest BCUT2D eigenvalue weighted by Crippen LogP contribution is 2.43. The van der Waals surface area contributed by atoms with Crippen molar-refractivity contribution in [3.05, 3.63) is 59.4 Å². The summed E-state index contributed by atoms with van der Waals surface area (Å²) in [6.07, 6.45) is 10.2. The van der Waals surface area contributed by atoms with E-state index in [9.17, 15) is 10.1 Å². The summed E-state index contributed by atoms with van der Waals surface area (Å²) in [4.78, 5) is 19.5. The fourth-order valence-corrected chi connectivity index (χ4v) is 6.21. The highest BCUT2D eigenvalue weighted by molar-refractivity contribution is 5.91. The molecule has 6 heteroatoms. The van der Waals surface area contributed by atoms with Crippen molar-refractivity contribution >= 4 is 22.8 Å². The smallest absolute Gasteiger partial charge is 0.415 e. The van der Waals surface area contributed by atoms with E-state index in [1.165, 1.54) is 24.0 Å². The molecule has 1 aliphatic heterocycles. The van der Waals surface area contributed by atoms with E-state index in [1.54, 1.807) is 0 Å². The van der Waals surface area contributed by atoms with Crippen molar-refractivity contribution in [3.63, 3.8) is 0 Å². The maximum atomic E-state index is 13.1. The molecule has 2 atom stereocenters. The fraction of sp³-hybridized carbons (Fsp3) is 0.444. The zero-order chi connectivity index (χ0) is 22.4. The number of fused-ring (bicyclic) bond motifs is 2. The summed E-state index contributed by atoms with van der Waals surface area (Å²) in [5.74, 6) is 0.402. The Balaban J connectivity index is 1.23. The Morgan fingerprint density at radius 3 is 3.00 bits per heavy atom. The number of hydrogen-bond acceptors (Lipinski definition) is 4. The van der Waals surface area contributed by atoms with Crippen molar-refractivity contribution in [2.45, 2.75) is 63.5 Å². The quantitative estimate of drug-likeness (QED) is 0.549. The number of nitriles is 1. The van der Waals surface area contributed by atoms with Gasteiger partial charge < -0.3 is 9.30 Å². The van der Waals surface area contributed by atoms with Crippen molar-refractivity contribution < 1.29 is 9.53 Å². The van der Waals surface area contributed by atoms with E-state index in [0.29, 0.717) is 18.0 Å². The predicted octanol–water partition coefficient (Wildman–Crippen LogP) is 5.37. The Bertz CT molecular complexity index is 1270. The number of carbonyl (C=O) groups is 1. The largest absolute Gasteiger partial charge is 0.441 e. The molecule has 2 aliphatic carbocycles. The normalized spacial score (nSPS) is 24.6. The van der Waals surface area contributed by atoms with Gasteiger partial charge in [-0.2, -0.15) is 5.26 Å². The van der Waals surface area contributed by atoms with Crippen LogP contribution < -0.4 is 4.90 Å². The van der Waals surface area contributed by atoms with E-state index in [0.717, 1.165) is 61.8 Å². The third-order valence-electron chi connectivity index (χ3n) is 7.74. The Hall–Kier alpha value is -3.33. The predicted molar refractivity (Wildman–Crippen MR) is 126 cm³/mol. The average molecular weight is 441 g/mol. The van der Waals surface area contributed by atoms with Crippen LogP contribution >= 0.6 is 0 Å². The number of hydrogen-bond donors (Lipinski definition) is 0. The number of benzene rings is 2. The van der Waals surface area contributed by atoms with E-state index >= 15 is 0 Å². The Kier molecular flexibility index (Phi) is 4.86. The minimum Gasteiger partial charge on any atom is -0.441 e. The molecule has 0 bridgehead atoms.